The van der Waals surface area contributed by atoms with Crippen LogP contribution >= 0.6 is 0 Å². The summed E-state index contributed by atoms with van der Waals surface area (Å²) in [5.74, 6) is 0.763. The van der Waals surface area contributed by atoms with Gasteiger partial charge in [-0.3, -0.25) is 10.2 Å². The molecule has 2 aromatic rings. The number of carbonyl (C=O) groups excluding carboxylic acids is 1. The summed E-state index contributed by atoms with van der Waals surface area (Å²) in [5, 5.41) is 2.23. The number of nitrogens with one attached hydrogen (secondary N) is 2. The molecule has 1 saturated heterocycles. The van der Waals surface area contributed by atoms with Gasteiger partial charge in [0, 0.05) is 5.57 Å². The highest BCUT2D eigenvalue weighted by atomic mass is 16.5. The monoisotopic (exact) mass is 324 g/mol. The second-order valence-electron chi connectivity index (χ2n) is 6.70. The van der Waals surface area contributed by atoms with Crippen molar-refractivity contribution >= 4 is 22.8 Å². The average molecular weight is 324 g/mol. The van der Waals surface area contributed by atoms with Gasteiger partial charge in [0.1, 0.15) is 5.75 Å². The van der Waals surface area contributed by atoms with Crippen molar-refractivity contribution in [2.24, 2.45) is 0 Å². The van der Waals surface area contributed by atoms with Gasteiger partial charge in [0.25, 0.3) is 5.91 Å². The van der Waals surface area contributed by atoms with Crippen LogP contribution in [0.4, 0.5) is 0 Å². The second-order valence-corrected chi connectivity index (χ2v) is 6.70. The highest BCUT2D eigenvalue weighted by Crippen LogP contribution is 2.30. The molecule has 2 aromatic carbocycles. The summed E-state index contributed by atoms with van der Waals surface area (Å²) in [7, 11) is 0. The number of unbranched alkanes of at least 4 members (excludes halogenated alkanes) is 1. The second kappa shape index (κ2) is 6.65. The van der Waals surface area contributed by atoms with Gasteiger partial charge in [0.05, 0.1) is 12.1 Å². The minimum atomic E-state index is -0.405. The standard InChI is InChI=1S/C20H24N2O2/c1-4-5-10-24-16-11-14-8-6-7-9-17(14)15(12-16)13-18-19(23)21-22-20(18,2)3/h6-9,11-13,22H,4-5,10H2,1-3H3,(H,21,23)/b18-13+. The zero-order valence-corrected chi connectivity index (χ0v) is 14.5. The Morgan fingerprint density at radius 1 is 1.21 bits per heavy atom. The zero-order chi connectivity index (χ0) is 17.2. The largest absolute Gasteiger partial charge is 0.494 e. The van der Waals surface area contributed by atoms with E-state index >= 15 is 0 Å². The maximum atomic E-state index is 12.2. The van der Waals surface area contributed by atoms with Crippen molar-refractivity contribution in [3.63, 3.8) is 0 Å². The van der Waals surface area contributed by atoms with Crippen molar-refractivity contribution in [1.82, 2.24) is 10.9 Å². The molecule has 1 aliphatic heterocycles. The fraction of sp³-hybridized carbons (Fsp3) is 0.350. The van der Waals surface area contributed by atoms with E-state index in [9.17, 15) is 4.79 Å². The predicted octanol–water partition coefficient (Wildman–Crippen LogP) is 3.82. The Morgan fingerprint density at radius 2 is 2.00 bits per heavy atom. The number of benzene rings is 2. The van der Waals surface area contributed by atoms with Crippen LogP contribution in [0.25, 0.3) is 16.8 Å². The first-order chi connectivity index (χ1) is 11.5. The molecule has 3 rings (SSSR count). The molecule has 0 atom stereocenters. The lowest BCUT2D eigenvalue weighted by Crippen LogP contribution is -2.38. The molecule has 24 heavy (non-hydrogen) atoms. The van der Waals surface area contributed by atoms with Crippen LogP contribution in [0.1, 0.15) is 39.2 Å². The number of rotatable bonds is 5. The fourth-order valence-electron chi connectivity index (χ4n) is 2.88. The number of fused-ring (bicyclic) bond motifs is 1. The fourth-order valence-corrected chi connectivity index (χ4v) is 2.88. The van der Waals surface area contributed by atoms with Gasteiger partial charge in [-0.15, -0.1) is 0 Å². The molecule has 0 aliphatic carbocycles. The number of ether oxygens (including phenoxy) is 1. The molecule has 0 unspecified atom stereocenters. The Hall–Kier alpha value is -2.33. The molecule has 0 aromatic heterocycles. The summed E-state index contributed by atoms with van der Waals surface area (Å²) in [6.07, 6.45) is 4.09. The lowest BCUT2D eigenvalue weighted by atomic mass is 9.92. The molecule has 1 amide bonds. The SMILES string of the molecule is CCCCOc1cc(/C=C2\C(=O)NNC2(C)C)c2ccccc2c1. The predicted molar refractivity (Wildman–Crippen MR) is 97.7 cm³/mol. The van der Waals surface area contributed by atoms with E-state index in [1.54, 1.807) is 0 Å². The quantitative estimate of drug-likeness (QED) is 0.649. The topological polar surface area (TPSA) is 50.4 Å². The third-order valence-electron chi connectivity index (χ3n) is 4.34. The van der Waals surface area contributed by atoms with Crippen LogP contribution in [-0.2, 0) is 4.79 Å². The first-order valence-electron chi connectivity index (χ1n) is 8.46. The van der Waals surface area contributed by atoms with Gasteiger partial charge in [0.15, 0.2) is 0 Å². The summed E-state index contributed by atoms with van der Waals surface area (Å²) in [4.78, 5) is 12.2. The molecule has 4 nitrogen and oxygen atoms in total. The molecule has 0 radical (unpaired) electrons. The average Bonchev–Trinajstić information content (AvgIpc) is 2.82. The first-order valence-corrected chi connectivity index (χ1v) is 8.46. The summed E-state index contributed by atoms with van der Waals surface area (Å²) >= 11 is 0. The van der Waals surface area contributed by atoms with E-state index in [0.29, 0.717) is 6.61 Å². The van der Waals surface area contributed by atoms with E-state index < -0.39 is 5.54 Å². The lowest BCUT2D eigenvalue weighted by Gasteiger charge is -2.17. The Bertz CT molecular complexity index is 793. The molecule has 0 bridgehead atoms. The minimum absolute atomic E-state index is 0.0821. The maximum Gasteiger partial charge on any atom is 0.263 e. The van der Waals surface area contributed by atoms with Crippen LogP contribution in [0, 0.1) is 0 Å². The number of hydrogen-bond donors (Lipinski definition) is 2. The number of carbonyl (C=O) groups is 1. The summed E-state index contributed by atoms with van der Waals surface area (Å²) in [6.45, 7) is 6.83. The molecule has 1 aliphatic rings. The van der Waals surface area contributed by atoms with E-state index in [2.05, 4.69) is 36.0 Å². The third-order valence-corrected chi connectivity index (χ3v) is 4.34. The smallest absolute Gasteiger partial charge is 0.263 e. The third kappa shape index (κ3) is 3.29. The normalized spacial score (nSPS) is 18.1. The molecular weight excluding hydrogens is 300 g/mol. The van der Waals surface area contributed by atoms with Crippen molar-refractivity contribution in [3.8, 4) is 5.75 Å². The van der Waals surface area contributed by atoms with Gasteiger partial charge < -0.3 is 4.74 Å². The summed E-state index contributed by atoms with van der Waals surface area (Å²) in [5.41, 5.74) is 7.03. The molecular formula is C20H24N2O2. The molecule has 4 heteroatoms. The van der Waals surface area contributed by atoms with E-state index in [4.69, 9.17) is 4.74 Å². The lowest BCUT2D eigenvalue weighted by molar-refractivity contribution is -0.116. The summed E-state index contributed by atoms with van der Waals surface area (Å²) in [6, 6.07) is 12.3. The van der Waals surface area contributed by atoms with E-state index in [0.717, 1.165) is 40.5 Å². The number of hydrazine groups is 1. The van der Waals surface area contributed by atoms with E-state index in [-0.39, 0.29) is 5.91 Å². The van der Waals surface area contributed by atoms with Crippen LogP contribution in [0.3, 0.4) is 0 Å². The highest BCUT2D eigenvalue weighted by Gasteiger charge is 2.35. The Morgan fingerprint density at radius 3 is 2.71 bits per heavy atom. The van der Waals surface area contributed by atoms with Crippen LogP contribution in [0.5, 0.6) is 5.75 Å². The molecule has 2 N–H and O–H groups in total. The Balaban J connectivity index is 2.07. The molecule has 1 heterocycles. The van der Waals surface area contributed by atoms with Crippen molar-refractivity contribution < 1.29 is 9.53 Å². The highest BCUT2D eigenvalue weighted by molar-refractivity contribution is 6.04. The van der Waals surface area contributed by atoms with Gasteiger partial charge >= 0.3 is 0 Å². The van der Waals surface area contributed by atoms with Crippen LogP contribution < -0.4 is 15.6 Å². The molecule has 0 saturated carbocycles. The number of hydrogen-bond acceptors (Lipinski definition) is 3. The van der Waals surface area contributed by atoms with Crippen LogP contribution in [0.2, 0.25) is 0 Å². The van der Waals surface area contributed by atoms with Crippen molar-refractivity contribution in [2.75, 3.05) is 6.61 Å². The maximum absolute atomic E-state index is 12.2. The summed E-state index contributed by atoms with van der Waals surface area (Å²) < 4.78 is 5.89. The minimum Gasteiger partial charge on any atom is -0.494 e. The van der Waals surface area contributed by atoms with Crippen LogP contribution in [0.15, 0.2) is 42.0 Å². The van der Waals surface area contributed by atoms with Gasteiger partial charge in [-0.1, -0.05) is 37.6 Å². The first kappa shape index (κ1) is 16.5. The zero-order valence-electron chi connectivity index (χ0n) is 14.5. The molecule has 1 fully saturated rings. The van der Waals surface area contributed by atoms with Crippen LogP contribution in [-0.4, -0.2) is 18.1 Å². The van der Waals surface area contributed by atoms with Crippen molar-refractivity contribution in [1.29, 1.82) is 0 Å². The Kier molecular flexibility index (Phi) is 4.58. The van der Waals surface area contributed by atoms with Gasteiger partial charge in [0.2, 0.25) is 0 Å². The van der Waals surface area contributed by atoms with Gasteiger partial charge in [-0.25, -0.2) is 5.43 Å². The van der Waals surface area contributed by atoms with E-state index in [1.165, 1.54) is 0 Å². The van der Waals surface area contributed by atoms with Crippen molar-refractivity contribution in [2.45, 2.75) is 39.2 Å². The molecule has 0 spiro atoms. The van der Waals surface area contributed by atoms with E-state index in [1.807, 2.05) is 38.1 Å². The molecule has 126 valence electrons. The van der Waals surface area contributed by atoms with Gasteiger partial charge in [-0.05, 0) is 54.8 Å². The Labute approximate surface area is 142 Å². The van der Waals surface area contributed by atoms with Gasteiger partial charge in [-0.2, -0.15) is 0 Å². The van der Waals surface area contributed by atoms with Crippen molar-refractivity contribution in [3.05, 3.63) is 47.5 Å². The number of amides is 1.